The lowest BCUT2D eigenvalue weighted by atomic mass is 10.1. The van der Waals surface area contributed by atoms with Gasteiger partial charge in [-0.25, -0.2) is 13.8 Å². The van der Waals surface area contributed by atoms with E-state index in [0.717, 1.165) is 23.4 Å². The predicted molar refractivity (Wildman–Crippen MR) is 94.1 cm³/mol. The molecule has 2 atom stereocenters. The summed E-state index contributed by atoms with van der Waals surface area (Å²) in [5.41, 5.74) is 6.17. The highest BCUT2D eigenvalue weighted by atomic mass is 35.5. The summed E-state index contributed by atoms with van der Waals surface area (Å²) in [7, 11) is 0. The Kier molecular flexibility index (Phi) is 6.83. The van der Waals surface area contributed by atoms with Gasteiger partial charge in [0.05, 0.1) is 6.10 Å². The van der Waals surface area contributed by atoms with Crippen LogP contribution >= 0.6 is 23.7 Å². The standard InChI is InChI=1S/C16H17F2N3O2S.ClH/c17-12-3-1-9(6-13(12)18)5-11-8-20-16(24-11)21-15(22)14-4-2-10(7-19)23-14;/h1,3,6,8,10,14H,2,4-5,7,19H2,(H,20,21,22);1H/t10-,14+;/m1./s1. The number of nitrogens with zero attached hydrogens (tertiary/aromatic N) is 1. The first-order valence-electron chi connectivity index (χ1n) is 7.60. The van der Waals surface area contributed by atoms with E-state index < -0.39 is 17.7 Å². The maximum Gasteiger partial charge on any atom is 0.255 e. The van der Waals surface area contributed by atoms with Gasteiger partial charge in [0.15, 0.2) is 16.8 Å². The largest absolute Gasteiger partial charge is 0.364 e. The van der Waals surface area contributed by atoms with Gasteiger partial charge in [-0.3, -0.25) is 10.1 Å². The minimum atomic E-state index is -0.876. The number of carbonyl (C=O) groups is 1. The first kappa shape index (κ1) is 19.7. The topological polar surface area (TPSA) is 77.2 Å². The number of nitrogens with one attached hydrogen (secondary N) is 1. The fourth-order valence-corrected chi connectivity index (χ4v) is 3.41. The number of anilines is 1. The van der Waals surface area contributed by atoms with Crippen molar-refractivity contribution in [2.24, 2.45) is 5.73 Å². The zero-order chi connectivity index (χ0) is 17.1. The minimum Gasteiger partial charge on any atom is -0.364 e. The predicted octanol–water partition coefficient (Wildman–Crippen LogP) is 2.88. The summed E-state index contributed by atoms with van der Waals surface area (Å²) in [6, 6.07) is 3.78. The lowest BCUT2D eigenvalue weighted by Crippen LogP contribution is -2.29. The normalized spacial score (nSPS) is 19.5. The highest BCUT2D eigenvalue weighted by Crippen LogP contribution is 2.24. The highest BCUT2D eigenvalue weighted by Gasteiger charge is 2.30. The third-order valence-corrected chi connectivity index (χ3v) is 4.72. The van der Waals surface area contributed by atoms with Gasteiger partial charge in [-0.15, -0.1) is 23.7 Å². The molecule has 5 nitrogen and oxygen atoms in total. The molecular weight excluding hydrogens is 372 g/mol. The molecule has 1 amide bonds. The maximum absolute atomic E-state index is 13.2. The fourth-order valence-electron chi connectivity index (χ4n) is 2.56. The van der Waals surface area contributed by atoms with Gasteiger partial charge in [0.2, 0.25) is 0 Å². The second-order valence-corrected chi connectivity index (χ2v) is 6.72. The Morgan fingerprint density at radius 3 is 2.84 bits per heavy atom. The second-order valence-electron chi connectivity index (χ2n) is 5.61. The molecule has 1 aliphatic heterocycles. The number of amides is 1. The number of hydrogen-bond acceptors (Lipinski definition) is 5. The van der Waals surface area contributed by atoms with Gasteiger partial charge in [-0.2, -0.15) is 0 Å². The average Bonchev–Trinajstić information content (AvgIpc) is 3.20. The highest BCUT2D eigenvalue weighted by molar-refractivity contribution is 7.15. The van der Waals surface area contributed by atoms with E-state index in [1.165, 1.54) is 17.4 Å². The third kappa shape index (κ3) is 4.94. The summed E-state index contributed by atoms with van der Waals surface area (Å²) in [4.78, 5) is 17.1. The molecule has 2 aromatic rings. The monoisotopic (exact) mass is 389 g/mol. The Hall–Kier alpha value is -1.61. The lowest BCUT2D eigenvalue weighted by molar-refractivity contribution is -0.126. The summed E-state index contributed by atoms with van der Waals surface area (Å²) in [5.74, 6) is -1.98. The molecule has 3 N–H and O–H groups in total. The molecule has 1 saturated heterocycles. The van der Waals surface area contributed by atoms with Crippen molar-refractivity contribution in [3.05, 3.63) is 46.5 Å². The second kappa shape index (κ2) is 8.66. The number of aromatic nitrogens is 1. The van der Waals surface area contributed by atoms with E-state index in [1.807, 2.05) is 0 Å². The van der Waals surface area contributed by atoms with Crippen LogP contribution in [0.4, 0.5) is 13.9 Å². The van der Waals surface area contributed by atoms with E-state index in [2.05, 4.69) is 10.3 Å². The van der Waals surface area contributed by atoms with Gasteiger partial charge in [0.25, 0.3) is 5.91 Å². The molecular formula is C16H18ClF2N3O2S. The summed E-state index contributed by atoms with van der Waals surface area (Å²) in [6.07, 6.45) is 2.87. The first-order chi connectivity index (χ1) is 11.5. The number of hydrogen-bond donors (Lipinski definition) is 2. The first-order valence-corrected chi connectivity index (χ1v) is 8.42. The van der Waals surface area contributed by atoms with E-state index in [-0.39, 0.29) is 24.4 Å². The number of halogens is 3. The van der Waals surface area contributed by atoms with E-state index in [0.29, 0.717) is 30.1 Å². The minimum absolute atomic E-state index is 0. The van der Waals surface area contributed by atoms with Gasteiger partial charge in [0.1, 0.15) is 6.10 Å². The van der Waals surface area contributed by atoms with Gasteiger partial charge in [0, 0.05) is 24.0 Å². The molecule has 25 heavy (non-hydrogen) atoms. The zero-order valence-corrected chi connectivity index (χ0v) is 14.8. The maximum atomic E-state index is 13.2. The van der Waals surface area contributed by atoms with Crippen LogP contribution < -0.4 is 11.1 Å². The average molecular weight is 390 g/mol. The molecule has 1 aromatic carbocycles. The Balaban J connectivity index is 0.00000225. The number of benzene rings is 1. The molecule has 0 spiro atoms. The van der Waals surface area contributed by atoms with Gasteiger partial charge in [-0.05, 0) is 30.5 Å². The number of nitrogens with two attached hydrogens (primary N) is 1. The van der Waals surface area contributed by atoms with E-state index in [4.69, 9.17) is 10.5 Å². The molecule has 136 valence electrons. The van der Waals surface area contributed by atoms with Crippen molar-refractivity contribution in [1.82, 2.24) is 4.98 Å². The van der Waals surface area contributed by atoms with Crippen LogP contribution in [0.3, 0.4) is 0 Å². The molecule has 9 heteroatoms. The van der Waals surface area contributed by atoms with Crippen LogP contribution in [0.15, 0.2) is 24.4 Å². The molecule has 0 saturated carbocycles. The van der Waals surface area contributed by atoms with Crippen LogP contribution in [0.1, 0.15) is 23.3 Å². The van der Waals surface area contributed by atoms with Crippen LogP contribution in [0.25, 0.3) is 0 Å². The number of ether oxygens (including phenoxy) is 1. The summed E-state index contributed by atoms with van der Waals surface area (Å²) < 4.78 is 31.7. The number of carbonyl (C=O) groups excluding carboxylic acids is 1. The molecule has 0 radical (unpaired) electrons. The molecule has 1 aliphatic rings. The molecule has 1 aromatic heterocycles. The zero-order valence-electron chi connectivity index (χ0n) is 13.2. The van der Waals surface area contributed by atoms with Gasteiger partial charge < -0.3 is 10.5 Å². The van der Waals surface area contributed by atoms with Crippen molar-refractivity contribution in [1.29, 1.82) is 0 Å². The summed E-state index contributed by atoms with van der Waals surface area (Å²) in [6.45, 7) is 0.402. The van der Waals surface area contributed by atoms with Crippen LogP contribution in [0.2, 0.25) is 0 Å². The summed E-state index contributed by atoms with van der Waals surface area (Å²) in [5, 5.41) is 3.18. The Labute approximate surface area is 154 Å². The lowest BCUT2D eigenvalue weighted by Gasteiger charge is -2.11. The quantitative estimate of drug-likeness (QED) is 0.824. The van der Waals surface area contributed by atoms with Crippen LogP contribution in [0.5, 0.6) is 0 Å². The van der Waals surface area contributed by atoms with Crippen molar-refractivity contribution < 1.29 is 18.3 Å². The van der Waals surface area contributed by atoms with Crippen molar-refractivity contribution in [3.63, 3.8) is 0 Å². The van der Waals surface area contributed by atoms with Gasteiger partial charge in [-0.1, -0.05) is 6.07 Å². The number of rotatable bonds is 5. The third-order valence-electron chi connectivity index (χ3n) is 3.81. The molecule has 2 heterocycles. The Morgan fingerprint density at radius 2 is 2.16 bits per heavy atom. The molecule has 0 bridgehead atoms. The molecule has 0 unspecified atom stereocenters. The van der Waals surface area contributed by atoms with Crippen LogP contribution in [-0.4, -0.2) is 29.6 Å². The van der Waals surface area contributed by atoms with Crippen molar-refractivity contribution >= 4 is 34.8 Å². The van der Waals surface area contributed by atoms with Crippen molar-refractivity contribution in [3.8, 4) is 0 Å². The summed E-state index contributed by atoms with van der Waals surface area (Å²) >= 11 is 1.29. The fraction of sp³-hybridized carbons (Fsp3) is 0.375. The van der Waals surface area contributed by atoms with E-state index in [1.54, 1.807) is 6.20 Å². The van der Waals surface area contributed by atoms with E-state index >= 15 is 0 Å². The number of thiazole rings is 1. The van der Waals surface area contributed by atoms with Crippen molar-refractivity contribution in [2.75, 3.05) is 11.9 Å². The van der Waals surface area contributed by atoms with Crippen LogP contribution in [0, 0.1) is 11.6 Å². The SMILES string of the molecule is Cl.NC[C@H]1CC[C@@H](C(=O)Nc2ncc(Cc3ccc(F)c(F)c3)s2)O1. The van der Waals surface area contributed by atoms with Gasteiger partial charge >= 0.3 is 0 Å². The molecule has 1 fully saturated rings. The van der Waals surface area contributed by atoms with Crippen LogP contribution in [-0.2, 0) is 16.0 Å². The smallest absolute Gasteiger partial charge is 0.255 e. The molecule has 0 aliphatic carbocycles. The Morgan fingerprint density at radius 1 is 1.36 bits per heavy atom. The van der Waals surface area contributed by atoms with Crippen molar-refractivity contribution in [2.45, 2.75) is 31.5 Å². The molecule has 3 rings (SSSR count). The Bertz CT molecular complexity index is 744. The van der Waals surface area contributed by atoms with E-state index in [9.17, 15) is 13.6 Å².